The Morgan fingerprint density at radius 3 is 2.48 bits per heavy atom. The van der Waals surface area contributed by atoms with E-state index in [1.54, 1.807) is 18.3 Å². The number of benzene rings is 3. The predicted molar refractivity (Wildman–Crippen MR) is 118 cm³/mol. The Labute approximate surface area is 178 Å². The van der Waals surface area contributed by atoms with E-state index >= 15 is 0 Å². The highest BCUT2D eigenvalue weighted by Crippen LogP contribution is 2.38. The van der Waals surface area contributed by atoms with Crippen LogP contribution in [0.2, 0.25) is 10.0 Å². The summed E-state index contributed by atoms with van der Waals surface area (Å²) in [7, 11) is 1.53. The van der Waals surface area contributed by atoms with Crippen molar-refractivity contribution in [3.8, 4) is 22.9 Å². The number of methoxy groups -OCH3 is 1. The van der Waals surface area contributed by atoms with Crippen LogP contribution in [0.3, 0.4) is 0 Å². The van der Waals surface area contributed by atoms with Gasteiger partial charge in [-0.25, -0.2) is 0 Å². The predicted octanol–water partition coefficient (Wildman–Crippen LogP) is 6.83. The van der Waals surface area contributed by atoms with Gasteiger partial charge >= 0.3 is 0 Å². The first-order valence-electron chi connectivity index (χ1n) is 8.79. The lowest BCUT2D eigenvalue weighted by atomic mass is 10.0. The minimum Gasteiger partial charge on any atom is -0.495 e. The molecular formula is C23H15Cl2N3O. The van der Waals surface area contributed by atoms with E-state index in [0.29, 0.717) is 32.7 Å². The smallest absolute Gasteiger partial charge is 0.139 e. The van der Waals surface area contributed by atoms with Gasteiger partial charge in [0.1, 0.15) is 11.8 Å². The SMILES string of the molecule is COc1cc(Nc2c(C#N)cnc3cc(-c4ccccc4)ccc23)c(Cl)cc1Cl. The van der Waals surface area contributed by atoms with Crippen LogP contribution in [0, 0.1) is 11.3 Å². The molecule has 142 valence electrons. The largest absolute Gasteiger partial charge is 0.495 e. The summed E-state index contributed by atoms with van der Waals surface area (Å²) >= 11 is 12.5. The number of halogens is 2. The molecule has 1 heterocycles. The number of nitrogens with one attached hydrogen (secondary N) is 1. The van der Waals surface area contributed by atoms with Crippen LogP contribution < -0.4 is 10.1 Å². The third-order valence-corrected chi connectivity index (χ3v) is 5.21. The molecule has 0 atom stereocenters. The molecule has 0 bridgehead atoms. The Balaban J connectivity index is 1.84. The van der Waals surface area contributed by atoms with Gasteiger partial charge in [0.05, 0.1) is 39.6 Å². The van der Waals surface area contributed by atoms with Crippen molar-refractivity contribution in [2.75, 3.05) is 12.4 Å². The number of rotatable bonds is 4. The molecule has 0 aliphatic heterocycles. The molecule has 29 heavy (non-hydrogen) atoms. The van der Waals surface area contributed by atoms with Crippen LogP contribution in [0.5, 0.6) is 5.75 Å². The van der Waals surface area contributed by atoms with Gasteiger partial charge in [0.2, 0.25) is 0 Å². The van der Waals surface area contributed by atoms with Crippen molar-refractivity contribution < 1.29 is 4.74 Å². The molecule has 0 radical (unpaired) electrons. The molecular weight excluding hydrogens is 405 g/mol. The lowest BCUT2D eigenvalue weighted by Gasteiger charge is -2.15. The Kier molecular flexibility index (Phi) is 5.26. The van der Waals surface area contributed by atoms with Crippen LogP contribution in [0.4, 0.5) is 11.4 Å². The summed E-state index contributed by atoms with van der Waals surface area (Å²) in [5.41, 5.74) is 4.54. The van der Waals surface area contributed by atoms with E-state index in [2.05, 4.69) is 16.4 Å². The van der Waals surface area contributed by atoms with Crippen LogP contribution in [-0.2, 0) is 0 Å². The van der Waals surface area contributed by atoms with Crippen molar-refractivity contribution in [3.05, 3.63) is 82.5 Å². The van der Waals surface area contributed by atoms with Crippen LogP contribution in [0.25, 0.3) is 22.0 Å². The fourth-order valence-electron chi connectivity index (χ4n) is 3.14. The standard InChI is InChI=1S/C23H15Cl2N3O/c1-29-22-11-21(18(24)10-19(22)25)28-23-16(12-26)13-27-20-9-15(7-8-17(20)23)14-5-3-2-4-6-14/h2-11,13H,1H3,(H,27,28). The second-order valence-electron chi connectivity index (χ2n) is 6.35. The maximum absolute atomic E-state index is 9.59. The maximum Gasteiger partial charge on any atom is 0.139 e. The molecule has 1 aromatic heterocycles. The van der Waals surface area contributed by atoms with Gasteiger partial charge < -0.3 is 10.1 Å². The number of fused-ring (bicyclic) bond motifs is 1. The molecule has 0 saturated carbocycles. The number of aromatic nitrogens is 1. The highest BCUT2D eigenvalue weighted by atomic mass is 35.5. The Hall–Kier alpha value is -3.26. The van der Waals surface area contributed by atoms with Gasteiger partial charge in [-0.1, -0.05) is 65.7 Å². The first-order chi connectivity index (χ1) is 14.1. The zero-order valence-electron chi connectivity index (χ0n) is 15.4. The first kappa shape index (κ1) is 19.1. The summed E-state index contributed by atoms with van der Waals surface area (Å²) in [5, 5.41) is 14.5. The molecule has 4 nitrogen and oxygen atoms in total. The Bertz CT molecular complexity index is 1250. The molecule has 0 saturated heterocycles. The third-order valence-electron chi connectivity index (χ3n) is 4.60. The number of ether oxygens (including phenoxy) is 1. The molecule has 4 aromatic rings. The van der Waals surface area contributed by atoms with Gasteiger partial charge in [-0.05, 0) is 23.3 Å². The van der Waals surface area contributed by atoms with Crippen molar-refractivity contribution in [1.82, 2.24) is 4.98 Å². The molecule has 0 amide bonds. The highest BCUT2D eigenvalue weighted by molar-refractivity contribution is 6.37. The lowest BCUT2D eigenvalue weighted by molar-refractivity contribution is 0.415. The fourth-order valence-corrected chi connectivity index (χ4v) is 3.65. The summed E-state index contributed by atoms with van der Waals surface area (Å²) in [6, 6.07) is 21.5. The molecule has 0 aliphatic carbocycles. The molecule has 0 spiro atoms. The van der Waals surface area contributed by atoms with Gasteiger partial charge in [-0.15, -0.1) is 0 Å². The topological polar surface area (TPSA) is 57.9 Å². The van der Waals surface area contributed by atoms with Gasteiger partial charge in [0.25, 0.3) is 0 Å². The monoisotopic (exact) mass is 419 g/mol. The zero-order valence-corrected chi connectivity index (χ0v) is 16.9. The zero-order chi connectivity index (χ0) is 20.4. The molecule has 0 fully saturated rings. The molecule has 0 unspecified atom stereocenters. The van der Waals surface area contributed by atoms with E-state index < -0.39 is 0 Å². The van der Waals surface area contributed by atoms with Gasteiger partial charge in [0.15, 0.2) is 0 Å². The average molecular weight is 420 g/mol. The Morgan fingerprint density at radius 1 is 0.966 bits per heavy atom. The van der Waals surface area contributed by atoms with Crippen molar-refractivity contribution in [2.45, 2.75) is 0 Å². The molecule has 4 rings (SSSR count). The van der Waals surface area contributed by atoms with Gasteiger partial charge in [-0.2, -0.15) is 5.26 Å². The summed E-state index contributed by atoms with van der Waals surface area (Å²) in [5.74, 6) is 0.488. The lowest BCUT2D eigenvalue weighted by Crippen LogP contribution is -1.98. The number of nitriles is 1. The number of pyridine rings is 1. The van der Waals surface area contributed by atoms with Crippen LogP contribution in [-0.4, -0.2) is 12.1 Å². The van der Waals surface area contributed by atoms with E-state index in [1.165, 1.54) is 7.11 Å². The normalized spacial score (nSPS) is 10.6. The quantitative estimate of drug-likeness (QED) is 0.393. The minimum absolute atomic E-state index is 0.412. The van der Waals surface area contributed by atoms with E-state index in [4.69, 9.17) is 27.9 Å². The molecule has 3 aromatic carbocycles. The summed E-state index contributed by atoms with van der Waals surface area (Å²) in [6.07, 6.45) is 1.56. The number of nitrogens with zero attached hydrogens (tertiary/aromatic N) is 2. The van der Waals surface area contributed by atoms with Crippen molar-refractivity contribution >= 4 is 45.5 Å². The highest BCUT2D eigenvalue weighted by Gasteiger charge is 2.14. The van der Waals surface area contributed by atoms with Gasteiger partial charge in [0, 0.05) is 17.6 Å². The maximum atomic E-state index is 9.59. The fraction of sp³-hybridized carbons (Fsp3) is 0.0435. The van der Waals surface area contributed by atoms with Gasteiger partial charge in [-0.3, -0.25) is 4.98 Å². The van der Waals surface area contributed by atoms with Crippen molar-refractivity contribution in [2.24, 2.45) is 0 Å². The number of hydrogen-bond acceptors (Lipinski definition) is 4. The number of hydrogen-bond donors (Lipinski definition) is 1. The minimum atomic E-state index is 0.412. The van der Waals surface area contributed by atoms with Crippen molar-refractivity contribution in [1.29, 1.82) is 5.26 Å². The first-order valence-corrected chi connectivity index (χ1v) is 9.54. The molecule has 1 N–H and O–H groups in total. The average Bonchev–Trinajstić information content (AvgIpc) is 2.76. The van der Waals surface area contributed by atoms with Crippen LogP contribution in [0.1, 0.15) is 5.56 Å². The van der Waals surface area contributed by atoms with Crippen LogP contribution >= 0.6 is 23.2 Å². The van der Waals surface area contributed by atoms with Crippen molar-refractivity contribution in [3.63, 3.8) is 0 Å². The summed E-state index contributed by atoms with van der Waals surface area (Å²) in [6.45, 7) is 0. The van der Waals surface area contributed by atoms with E-state index in [9.17, 15) is 5.26 Å². The third kappa shape index (κ3) is 3.71. The van der Waals surface area contributed by atoms with E-state index in [1.807, 2.05) is 48.5 Å². The second-order valence-corrected chi connectivity index (χ2v) is 7.16. The second kappa shape index (κ2) is 8.00. The molecule has 6 heteroatoms. The Morgan fingerprint density at radius 2 is 1.76 bits per heavy atom. The summed E-state index contributed by atoms with van der Waals surface area (Å²) in [4.78, 5) is 4.47. The summed E-state index contributed by atoms with van der Waals surface area (Å²) < 4.78 is 5.28. The number of anilines is 2. The van der Waals surface area contributed by atoms with E-state index in [0.717, 1.165) is 22.0 Å². The van der Waals surface area contributed by atoms with Crippen LogP contribution in [0.15, 0.2) is 66.9 Å². The van der Waals surface area contributed by atoms with E-state index in [-0.39, 0.29) is 0 Å². The molecule has 0 aliphatic rings.